The topological polar surface area (TPSA) is 60.7 Å². The van der Waals surface area contributed by atoms with Crippen molar-refractivity contribution in [3.05, 3.63) is 54.4 Å². The summed E-state index contributed by atoms with van der Waals surface area (Å²) < 4.78 is 2.38. The molecule has 0 saturated heterocycles. The van der Waals surface area contributed by atoms with Crippen molar-refractivity contribution < 1.29 is 4.79 Å². The van der Waals surface area contributed by atoms with Crippen molar-refractivity contribution in [1.82, 2.24) is 19.5 Å². The van der Waals surface area contributed by atoms with Gasteiger partial charge in [0.25, 0.3) is 0 Å². The average molecular weight is 370 g/mol. The number of imidazole rings is 1. The van der Waals surface area contributed by atoms with E-state index < -0.39 is 0 Å². The van der Waals surface area contributed by atoms with Crippen molar-refractivity contribution in [1.29, 1.82) is 0 Å². The zero-order valence-electron chi connectivity index (χ0n) is 15.9. The van der Waals surface area contributed by atoms with Gasteiger partial charge in [-0.15, -0.1) is 0 Å². The Kier molecular flexibility index (Phi) is 4.15. The molecule has 0 aliphatic heterocycles. The Labute approximate surface area is 163 Å². The molecule has 0 radical (unpaired) electrons. The first-order valence-corrected chi connectivity index (χ1v) is 9.95. The van der Waals surface area contributed by atoms with Crippen molar-refractivity contribution in [3.63, 3.8) is 0 Å². The second-order valence-corrected chi connectivity index (χ2v) is 7.62. The summed E-state index contributed by atoms with van der Waals surface area (Å²) in [6, 6.07) is 12.5. The molecular formula is C23H22N4O. The fourth-order valence-electron chi connectivity index (χ4n) is 4.33. The molecule has 2 aromatic heterocycles. The van der Waals surface area contributed by atoms with Gasteiger partial charge in [0.2, 0.25) is 0 Å². The molecule has 1 aliphatic rings. The number of Topliss-reactive ketones (excluding diaryl/α,β-unsaturated/α-hetero) is 1. The van der Waals surface area contributed by atoms with Gasteiger partial charge in [-0.05, 0) is 56.2 Å². The van der Waals surface area contributed by atoms with Crippen LogP contribution in [0, 0.1) is 0 Å². The van der Waals surface area contributed by atoms with E-state index in [-0.39, 0.29) is 5.78 Å². The molecule has 4 aromatic rings. The number of fused-ring (bicyclic) bond motifs is 2. The molecule has 5 rings (SSSR count). The van der Waals surface area contributed by atoms with Gasteiger partial charge in [0.1, 0.15) is 5.82 Å². The van der Waals surface area contributed by atoms with Gasteiger partial charge in [-0.2, -0.15) is 0 Å². The third kappa shape index (κ3) is 2.87. The van der Waals surface area contributed by atoms with Gasteiger partial charge in [-0.1, -0.05) is 19.3 Å². The molecule has 0 amide bonds. The van der Waals surface area contributed by atoms with Crippen LogP contribution in [0.25, 0.3) is 33.5 Å². The van der Waals surface area contributed by atoms with E-state index in [1.807, 2.05) is 18.2 Å². The van der Waals surface area contributed by atoms with Gasteiger partial charge in [-0.3, -0.25) is 14.8 Å². The SMILES string of the molecule is CC(=O)c1ccc2c(c1)nc(-c1ccc3nccnc3c1)n2C1CCCCC1. The number of rotatable bonds is 3. The minimum absolute atomic E-state index is 0.0663. The van der Waals surface area contributed by atoms with Gasteiger partial charge in [0.05, 0.1) is 22.1 Å². The summed E-state index contributed by atoms with van der Waals surface area (Å²) in [6.07, 6.45) is 9.56. The van der Waals surface area contributed by atoms with Crippen molar-refractivity contribution in [2.24, 2.45) is 0 Å². The molecule has 5 nitrogen and oxygen atoms in total. The lowest BCUT2D eigenvalue weighted by molar-refractivity contribution is 0.101. The summed E-state index contributed by atoms with van der Waals surface area (Å²) in [7, 11) is 0. The Bertz CT molecular complexity index is 1190. The molecule has 2 aromatic carbocycles. The molecule has 140 valence electrons. The Morgan fingerprint density at radius 2 is 1.71 bits per heavy atom. The van der Waals surface area contributed by atoms with E-state index in [0.29, 0.717) is 11.6 Å². The number of carbonyl (C=O) groups excluding carboxylic acids is 1. The molecule has 1 saturated carbocycles. The van der Waals surface area contributed by atoms with Crippen LogP contribution in [-0.2, 0) is 0 Å². The highest BCUT2D eigenvalue weighted by molar-refractivity contribution is 5.98. The molecule has 0 spiro atoms. The summed E-state index contributed by atoms with van der Waals surface area (Å²) in [6.45, 7) is 1.60. The number of hydrogen-bond acceptors (Lipinski definition) is 4. The molecule has 0 bridgehead atoms. The predicted octanol–water partition coefficient (Wildman–Crippen LogP) is 5.35. The van der Waals surface area contributed by atoms with Crippen LogP contribution in [0.5, 0.6) is 0 Å². The van der Waals surface area contributed by atoms with Gasteiger partial charge in [0.15, 0.2) is 5.78 Å². The standard InChI is InChI=1S/C23H22N4O/c1-15(28)16-8-10-22-21(13-16)26-23(27(22)18-5-3-2-4-6-18)17-7-9-19-20(14-17)25-12-11-24-19/h7-14,18H,2-6H2,1H3. The normalized spacial score (nSPS) is 15.3. The number of benzene rings is 2. The van der Waals surface area contributed by atoms with E-state index in [1.54, 1.807) is 19.3 Å². The summed E-state index contributed by atoms with van der Waals surface area (Å²) in [4.78, 5) is 25.7. The predicted molar refractivity (Wildman–Crippen MR) is 110 cm³/mol. The maximum atomic E-state index is 11.8. The molecule has 5 heteroatoms. The molecule has 28 heavy (non-hydrogen) atoms. The van der Waals surface area contributed by atoms with Crippen molar-refractivity contribution in [2.45, 2.75) is 45.1 Å². The highest BCUT2D eigenvalue weighted by Gasteiger charge is 2.23. The second-order valence-electron chi connectivity index (χ2n) is 7.62. The van der Waals surface area contributed by atoms with Crippen LogP contribution in [0.3, 0.4) is 0 Å². The lowest BCUT2D eigenvalue weighted by Gasteiger charge is -2.25. The maximum Gasteiger partial charge on any atom is 0.159 e. The maximum absolute atomic E-state index is 11.8. The van der Waals surface area contributed by atoms with E-state index in [1.165, 1.54) is 32.1 Å². The molecule has 0 atom stereocenters. The van der Waals surface area contributed by atoms with E-state index in [4.69, 9.17) is 4.98 Å². The van der Waals surface area contributed by atoms with Crippen LogP contribution in [0.1, 0.15) is 55.4 Å². The highest BCUT2D eigenvalue weighted by atomic mass is 16.1. The number of ketones is 1. The monoisotopic (exact) mass is 370 g/mol. The minimum atomic E-state index is 0.0663. The number of nitrogens with zero attached hydrogens (tertiary/aromatic N) is 4. The van der Waals surface area contributed by atoms with Crippen LogP contribution in [0.15, 0.2) is 48.8 Å². The highest BCUT2D eigenvalue weighted by Crippen LogP contribution is 2.36. The molecule has 1 fully saturated rings. The third-order valence-electron chi connectivity index (χ3n) is 5.76. The zero-order chi connectivity index (χ0) is 19.1. The van der Waals surface area contributed by atoms with E-state index in [0.717, 1.165) is 33.5 Å². The molecule has 0 N–H and O–H groups in total. The fourth-order valence-corrected chi connectivity index (χ4v) is 4.33. The van der Waals surface area contributed by atoms with E-state index in [9.17, 15) is 4.79 Å². The van der Waals surface area contributed by atoms with Crippen molar-refractivity contribution in [3.8, 4) is 11.4 Å². The van der Waals surface area contributed by atoms with Crippen molar-refractivity contribution in [2.75, 3.05) is 0 Å². The fraction of sp³-hybridized carbons (Fsp3) is 0.304. The van der Waals surface area contributed by atoms with E-state index in [2.05, 4.69) is 32.7 Å². The van der Waals surface area contributed by atoms with Crippen LogP contribution in [0.4, 0.5) is 0 Å². The Hall–Kier alpha value is -3.08. The molecule has 2 heterocycles. The van der Waals surface area contributed by atoms with Crippen molar-refractivity contribution >= 4 is 27.9 Å². The number of carbonyl (C=O) groups is 1. The number of aromatic nitrogens is 4. The summed E-state index contributed by atoms with van der Waals surface area (Å²) in [5.41, 5.74) is 5.48. The Morgan fingerprint density at radius 1 is 0.929 bits per heavy atom. The third-order valence-corrected chi connectivity index (χ3v) is 5.76. The molecule has 0 unspecified atom stereocenters. The second kappa shape index (κ2) is 6.82. The first-order valence-electron chi connectivity index (χ1n) is 9.95. The summed E-state index contributed by atoms with van der Waals surface area (Å²) >= 11 is 0. The van der Waals surface area contributed by atoms with E-state index >= 15 is 0 Å². The van der Waals surface area contributed by atoms with Crippen LogP contribution in [-0.4, -0.2) is 25.3 Å². The van der Waals surface area contributed by atoms with Gasteiger partial charge >= 0.3 is 0 Å². The van der Waals surface area contributed by atoms with Crippen LogP contribution >= 0.6 is 0 Å². The first-order chi connectivity index (χ1) is 13.7. The van der Waals surface area contributed by atoms with Crippen LogP contribution < -0.4 is 0 Å². The minimum Gasteiger partial charge on any atom is -0.321 e. The average Bonchev–Trinajstić information content (AvgIpc) is 3.12. The Morgan fingerprint density at radius 3 is 2.50 bits per heavy atom. The summed E-state index contributed by atoms with van der Waals surface area (Å²) in [5, 5.41) is 0. The zero-order valence-corrected chi connectivity index (χ0v) is 15.9. The van der Waals surface area contributed by atoms with Gasteiger partial charge in [-0.25, -0.2) is 4.98 Å². The summed E-state index contributed by atoms with van der Waals surface area (Å²) in [5.74, 6) is 1.02. The van der Waals surface area contributed by atoms with Gasteiger partial charge in [0, 0.05) is 29.6 Å². The lowest BCUT2D eigenvalue weighted by Crippen LogP contribution is -2.14. The molecule has 1 aliphatic carbocycles. The smallest absolute Gasteiger partial charge is 0.159 e. The van der Waals surface area contributed by atoms with Gasteiger partial charge < -0.3 is 4.57 Å². The largest absolute Gasteiger partial charge is 0.321 e. The Balaban J connectivity index is 1.73. The van der Waals surface area contributed by atoms with Crippen LogP contribution in [0.2, 0.25) is 0 Å². The molecular weight excluding hydrogens is 348 g/mol. The quantitative estimate of drug-likeness (QED) is 0.456. The first kappa shape index (κ1) is 17.0. The lowest BCUT2D eigenvalue weighted by atomic mass is 9.94. The number of hydrogen-bond donors (Lipinski definition) is 0.